The molecule has 19 heteroatoms. The number of amides is 6. The van der Waals surface area contributed by atoms with Gasteiger partial charge >= 0.3 is 6.09 Å². The molecule has 7 rings (SSSR count). The molecule has 19 nitrogen and oxygen atoms in total. The van der Waals surface area contributed by atoms with Crippen molar-refractivity contribution in [3.05, 3.63) is 89.5 Å². The standard InChI is InChI=1S/C51H61N7O12/c1-27(2)44(55-45(59)28(3)4)47(61)53-31(7)46(60)54-33-13-11-32(12-14-33)26-70-51(65)58-38-22-43(41(67-9)20-36(38)49(63)57-25-30(6)18-39(57)50(58)64)69-16-10-15-68-42-21-37-35(19-40(42)66-8)48(62)56-24-29(5)17-34(56)23-52-37/h11-14,19-23,27-28,31,34,39,44,50,64H,5-6,10,15-18,24-26H2,1-4,7-9H3,(H,53,61)(H,54,60)(H,55,59)/t31-,34-,39-,44-,50-/m0/s1. The lowest BCUT2D eigenvalue weighted by molar-refractivity contribution is -0.132. The van der Waals surface area contributed by atoms with Gasteiger partial charge in [0.05, 0.1) is 62.0 Å². The Kier molecular flexibility index (Phi) is 15.5. The number of aliphatic imine (C=N–C) groups is 1. The summed E-state index contributed by atoms with van der Waals surface area (Å²) >= 11 is 0. The van der Waals surface area contributed by atoms with E-state index in [-0.39, 0.29) is 85.2 Å². The Bertz CT molecular complexity index is 2590. The molecule has 6 amide bonds. The largest absolute Gasteiger partial charge is 0.493 e. The summed E-state index contributed by atoms with van der Waals surface area (Å²) < 4.78 is 29.3. The first-order valence-electron chi connectivity index (χ1n) is 23.2. The molecule has 0 aromatic heterocycles. The number of methoxy groups -OCH3 is 2. The third-order valence-corrected chi connectivity index (χ3v) is 12.5. The highest BCUT2D eigenvalue weighted by molar-refractivity contribution is 6.06. The number of aliphatic hydroxyl groups is 1. The van der Waals surface area contributed by atoms with Crippen LogP contribution >= 0.6 is 0 Å². The van der Waals surface area contributed by atoms with Crippen LogP contribution in [0, 0.1) is 11.8 Å². The molecule has 2 fully saturated rings. The minimum atomic E-state index is -1.53. The van der Waals surface area contributed by atoms with Crippen LogP contribution in [0.15, 0.2) is 77.8 Å². The van der Waals surface area contributed by atoms with Crippen LogP contribution in [0.4, 0.5) is 21.9 Å². The van der Waals surface area contributed by atoms with Crippen LogP contribution in [0.5, 0.6) is 23.0 Å². The maximum Gasteiger partial charge on any atom is 0.416 e. The van der Waals surface area contributed by atoms with Gasteiger partial charge in [0.2, 0.25) is 17.7 Å². The zero-order valence-electron chi connectivity index (χ0n) is 40.5. The predicted molar refractivity (Wildman–Crippen MR) is 260 cm³/mol. The van der Waals surface area contributed by atoms with E-state index in [4.69, 9.17) is 23.7 Å². The lowest BCUT2D eigenvalue weighted by atomic mass is 10.0. The van der Waals surface area contributed by atoms with Crippen LogP contribution in [0.1, 0.15) is 80.2 Å². The van der Waals surface area contributed by atoms with E-state index in [1.165, 1.54) is 38.2 Å². The van der Waals surface area contributed by atoms with Crippen LogP contribution in [-0.2, 0) is 25.7 Å². The zero-order valence-corrected chi connectivity index (χ0v) is 40.5. The monoisotopic (exact) mass is 963 g/mol. The highest BCUT2D eigenvalue weighted by atomic mass is 16.6. The van der Waals surface area contributed by atoms with Crippen molar-refractivity contribution in [1.29, 1.82) is 0 Å². The van der Waals surface area contributed by atoms with E-state index >= 15 is 0 Å². The van der Waals surface area contributed by atoms with Gasteiger partial charge in [-0.25, -0.2) is 9.69 Å². The number of nitrogens with one attached hydrogen (secondary N) is 3. The molecule has 0 unspecified atom stereocenters. The number of fused-ring (bicyclic) bond motifs is 4. The quantitative estimate of drug-likeness (QED) is 0.0969. The number of hydrogen-bond acceptors (Lipinski definition) is 13. The molecule has 3 aromatic carbocycles. The Morgan fingerprint density at radius 3 is 2.03 bits per heavy atom. The average molecular weight is 964 g/mol. The number of carbonyl (C=O) groups excluding carboxylic acids is 6. The Labute approximate surface area is 406 Å². The topological polar surface area (TPSA) is 227 Å². The second kappa shape index (κ2) is 21.5. The third kappa shape index (κ3) is 10.9. The van der Waals surface area contributed by atoms with Crippen molar-refractivity contribution in [2.75, 3.05) is 50.7 Å². The van der Waals surface area contributed by atoms with Gasteiger partial charge in [-0.15, -0.1) is 0 Å². The van der Waals surface area contributed by atoms with E-state index in [0.29, 0.717) is 59.0 Å². The van der Waals surface area contributed by atoms with Gasteiger partial charge in [0.15, 0.2) is 29.2 Å². The third-order valence-electron chi connectivity index (χ3n) is 12.5. The zero-order chi connectivity index (χ0) is 50.6. The number of anilines is 2. The molecule has 0 spiro atoms. The lowest BCUT2D eigenvalue weighted by Gasteiger charge is -2.31. The normalized spacial score (nSPS) is 19.1. The first-order valence-corrected chi connectivity index (χ1v) is 23.2. The van der Waals surface area contributed by atoms with Crippen LogP contribution in [0.3, 0.4) is 0 Å². The van der Waals surface area contributed by atoms with Crippen molar-refractivity contribution < 1.29 is 57.6 Å². The van der Waals surface area contributed by atoms with Crippen LogP contribution in [0.2, 0.25) is 0 Å². The molecule has 0 radical (unpaired) electrons. The van der Waals surface area contributed by atoms with Crippen molar-refractivity contribution in [3.63, 3.8) is 0 Å². The molecule has 0 saturated carbocycles. The number of rotatable bonds is 17. The van der Waals surface area contributed by atoms with E-state index in [9.17, 15) is 33.9 Å². The molecular formula is C51H61N7O12. The summed E-state index contributed by atoms with van der Waals surface area (Å²) in [4.78, 5) is 88.8. The molecule has 0 aliphatic carbocycles. The van der Waals surface area contributed by atoms with Gasteiger partial charge in [-0.3, -0.25) is 29.0 Å². The molecule has 2 saturated heterocycles. The van der Waals surface area contributed by atoms with Gasteiger partial charge in [0.1, 0.15) is 18.7 Å². The Balaban J connectivity index is 1.00. The minimum absolute atomic E-state index is 0.0467. The van der Waals surface area contributed by atoms with Crippen LogP contribution < -0.4 is 39.8 Å². The smallest absolute Gasteiger partial charge is 0.416 e. The Morgan fingerprint density at radius 2 is 1.39 bits per heavy atom. The number of ether oxygens (including phenoxy) is 5. The fraction of sp³-hybridized carbons (Fsp3) is 0.431. The van der Waals surface area contributed by atoms with Crippen LogP contribution in [0.25, 0.3) is 0 Å². The average Bonchev–Trinajstić information content (AvgIpc) is 3.87. The number of hydrogen-bond donors (Lipinski definition) is 4. The Morgan fingerprint density at radius 1 is 0.771 bits per heavy atom. The second-order valence-corrected chi connectivity index (χ2v) is 18.4. The fourth-order valence-corrected chi connectivity index (χ4v) is 8.59. The molecule has 3 aromatic rings. The molecule has 4 aliphatic rings. The molecular weight excluding hydrogens is 903 g/mol. The van der Waals surface area contributed by atoms with Gasteiger partial charge in [-0.05, 0) is 55.5 Å². The van der Waals surface area contributed by atoms with Gasteiger partial charge < -0.3 is 54.5 Å². The van der Waals surface area contributed by atoms with Crippen molar-refractivity contribution in [2.45, 2.75) is 90.9 Å². The maximum atomic E-state index is 14.1. The van der Waals surface area contributed by atoms with Crippen LogP contribution in [-0.4, -0.2) is 128 Å². The number of aliphatic hydroxyl groups excluding tert-OH is 1. The van der Waals surface area contributed by atoms with Gasteiger partial charge in [-0.2, -0.15) is 0 Å². The van der Waals surface area contributed by atoms with Gasteiger partial charge in [-0.1, -0.05) is 64.1 Å². The lowest BCUT2D eigenvalue weighted by Crippen LogP contribution is -2.54. The van der Waals surface area contributed by atoms with E-state index in [0.717, 1.165) is 10.5 Å². The van der Waals surface area contributed by atoms with Gasteiger partial charge in [0, 0.05) is 49.5 Å². The molecule has 0 bridgehead atoms. The summed E-state index contributed by atoms with van der Waals surface area (Å²) in [5, 5.41) is 20.0. The van der Waals surface area contributed by atoms with Crippen molar-refractivity contribution in [3.8, 4) is 23.0 Å². The summed E-state index contributed by atoms with van der Waals surface area (Å²) in [7, 11) is 2.92. The van der Waals surface area contributed by atoms with E-state index < -0.39 is 48.2 Å². The summed E-state index contributed by atoms with van der Waals surface area (Å²) in [6.45, 7) is 17.3. The first-order chi connectivity index (χ1) is 33.4. The van der Waals surface area contributed by atoms with E-state index in [2.05, 4.69) is 34.1 Å². The molecule has 4 N–H and O–H groups in total. The van der Waals surface area contributed by atoms with Crippen molar-refractivity contribution in [2.24, 2.45) is 16.8 Å². The number of nitrogens with zero attached hydrogens (tertiary/aromatic N) is 4. The summed E-state index contributed by atoms with van der Waals surface area (Å²) in [5.41, 5.74) is 3.63. The number of benzene rings is 3. The number of carbonyl (C=O) groups is 6. The predicted octanol–water partition coefficient (Wildman–Crippen LogP) is 5.52. The Hall–Kier alpha value is -7.41. The highest BCUT2D eigenvalue weighted by Crippen LogP contribution is 2.43. The molecule has 4 aliphatic heterocycles. The van der Waals surface area contributed by atoms with Crippen molar-refractivity contribution >= 4 is 58.9 Å². The minimum Gasteiger partial charge on any atom is -0.493 e. The molecule has 372 valence electrons. The molecule has 5 atom stereocenters. The fourth-order valence-electron chi connectivity index (χ4n) is 8.59. The highest BCUT2D eigenvalue weighted by Gasteiger charge is 2.46. The second-order valence-electron chi connectivity index (χ2n) is 18.4. The maximum absolute atomic E-state index is 14.1. The SMILES string of the molecule is C=C1C[C@H]2C=Nc3cc(OCCCOc4cc5c(cc4OC)C(=O)N4CC(=C)C[C@H]4[C@H](O)N5C(=O)OCc4ccc(NC(=O)[C@H](C)NC(=O)[C@@H](NC(=O)C(C)C)C(C)C)cc4)c(OC)cc3C(=O)N2C1. The van der Waals surface area contributed by atoms with Gasteiger partial charge in [0.25, 0.3) is 11.8 Å². The van der Waals surface area contributed by atoms with E-state index in [1.54, 1.807) is 75.2 Å². The summed E-state index contributed by atoms with van der Waals surface area (Å²) in [6, 6.07) is 10.00. The van der Waals surface area contributed by atoms with E-state index in [1.807, 2.05) is 0 Å². The summed E-state index contributed by atoms with van der Waals surface area (Å²) in [5.74, 6) is -1.21. The molecule has 70 heavy (non-hydrogen) atoms. The van der Waals surface area contributed by atoms with Crippen molar-refractivity contribution in [1.82, 2.24) is 20.4 Å². The first kappa shape index (κ1) is 50.5. The molecule has 4 heterocycles. The summed E-state index contributed by atoms with van der Waals surface area (Å²) in [6.07, 6.45) is 0.558.